The maximum absolute atomic E-state index is 13.3. The summed E-state index contributed by atoms with van der Waals surface area (Å²) >= 11 is 0. The van der Waals surface area contributed by atoms with Gasteiger partial charge in [0.25, 0.3) is 17.4 Å². The van der Waals surface area contributed by atoms with Crippen LogP contribution in [0.2, 0.25) is 0 Å². The molecule has 0 aliphatic heterocycles. The van der Waals surface area contributed by atoms with E-state index in [1.165, 1.54) is 26.4 Å². The van der Waals surface area contributed by atoms with Crippen LogP contribution in [0, 0.1) is 0 Å². The summed E-state index contributed by atoms with van der Waals surface area (Å²) in [4.78, 5) is 48.0. The van der Waals surface area contributed by atoms with Crippen molar-refractivity contribution in [2.45, 2.75) is 18.6 Å². The third-order valence-electron chi connectivity index (χ3n) is 5.86. The van der Waals surface area contributed by atoms with Crippen molar-refractivity contribution in [3.05, 3.63) is 70.5 Å². The molecule has 4 aromatic heterocycles. The average Bonchev–Trinajstić information content (AvgIpc) is 3.41. The Morgan fingerprint density at radius 3 is 2.57 bits per heavy atom. The first-order valence-corrected chi connectivity index (χ1v) is 11.4. The number of amides is 2. The molecule has 0 bridgehead atoms. The number of fused-ring (bicyclic) bond motifs is 1. The lowest BCUT2D eigenvalue weighted by Crippen LogP contribution is -2.28. The van der Waals surface area contributed by atoms with E-state index in [1.807, 2.05) is 0 Å². The van der Waals surface area contributed by atoms with E-state index in [4.69, 9.17) is 0 Å². The molecule has 2 amide bonds. The smallest absolute Gasteiger partial charge is 0.279 e. The molecule has 12 nitrogen and oxygen atoms in total. The number of anilines is 3. The Hall–Kier alpha value is -4.81. The van der Waals surface area contributed by atoms with Crippen LogP contribution in [-0.4, -0.2) is 74.2 Å². The highest BCUT2D eigenvalue weighted by molar-refractivity contribution is 5.94. The van der Waals surface area contributed by atoms with E-state index in [0.29, 0.717) is 22.7 Å². The summed E-state index contributed by atoms with van der Waals surface area (Å²) in [6.07, 6.45) is 3.59. The summed E-state index contributed by atoms with van der Waals surface area (Å²) in [5.74, 6) is -0.0805. The predicted octanol–water partition coefficient (Wildman–Crippen LogP) is 1.60. The summed E-state index contributed by atoms with van der Waals surface area (Å²) in [5, 5.41) is 13.1. The standard InChI is InChI=1S/C24H24FN9O3/c1-26-17-10-19(31-34-18(12-28-21(17)34)22(35)30-16-9-14(16)25)29-15-5-4-8-33(24(15)37)20-7-6-13(11-27-20)23(36)32(2)3/h4-8,10-12,14,16,26H,9H2,1-3H3,(H,29,31)(H,30,35). The Kier molecular flexibility index (Phi) is 6.03. The number of alkyl halides is 1. The molecule has 37 heavy (non-hydrogen) atoms. The maximum Gasteiger partial charge on any atom is 0.279 e. The highest BCUT2D eigenvalue weighted by Gasteiger charge is 2.39. The first-order chi connectivity index (χ1) is 17.8. The van der Waals surface area contributed by atoms with Gasteiger partial charge in [0.1, 0.15) is 17.7 Å². The molecule has 4 aromatic rings. The molecule has 1 aliphatic rings. The topological polar surface area (TPSA) is 139 Å². The molecule has 1 fully saturated rings. The molecule has 1 aliphatic carbocycles. The molecule has 0 saturated heterocycles. The molecule has 2 atom stereocenters. The summed E-state index contributed by atoms with van der Waals surface area (Å²) in [6, 6.07) is 7.59. The van der Waals surface area contributed by atoms with E-state index < -0.39 is 23.7 Å². The van der Waals surface area contributed by atoms with Gasteiger partial charge in [0.15, 0.2) is 17.2 Å². The second-order valence-corrected chi connectivity index (χ2v) is 8.73. The maximum atomic E-state index is 13.3. The van der Waals surface area contributed by atoms with Gasteiger partial charge in [0.05, 0.1) is 23.5 Å². The van der Waals surface area contributed by atoms with Gasteiger partial charge in [-0.25, -0.2) is 18.9 Å². The van der Waals surface area contributed by atoms with Gasteiger partial charge in [0.2, 0.25) is 0 Å². The van der Waals surface area contributed by atoms with Gasteiger partial charge in [0, 0.05) is 46.0 Å². The summed E-state index contributed by atoms with van der Waals surface area (Å²) in [7, 11) is 4.98. The van der Waals surface area contributed by atoms with Crippen LogP contribution < -0.4 is 21.5 Å². The second-order valence-electron chi connectivity index (χ2n) is 8.73. The Morgan fingerprint density at radius 2 is 1.92 bits per heavy atom. The van der Waals surface area contributed by atoms with Crippen molar-refractivity contribution in [2.75, 3.05) is 31.8 Å². The van der Waals surface area contributed by atoms with Crippen LogP contribution in [0.15, 0.2) is 53.7 Å². The van der Waals surface area contributed by atoms with Crippen LogP contribution in [0.1, 0.15) is 27.3 Å². The number of halogens is 1. The van der Waals surface area contributed by atoms with Crippen LogP contribution in [0.5, 0.6) is 0 Å². The van der Waals surface area contributed by atoms with Gasteiger partial charge >= 0.3 is 0 Å². The lowest BCUT2D eigenvalue weighted by Gasteiger charge is -2.12. The van der Waals surface area contributed by atoms with Gasteiger partial charge in [-0.2, -0.15) is 0 Å². The molecule has 0 spiro atoms. The first-order valence-electron chi connectivity index (χ1n) is 11.4. The van der Waals surface area contributed by atoms with Gasteiger partial charge in [-0.05, 0) is 24.3 Å². The SMILES string of the molecule is CNc1cc(Nc2cccn(-c3ccc(C(=O)N(C)C)cn3)c2=O)nn2c(C(=O)NC3CC3F)cnc12. The lowest BCUT2D eigenvalue weighted by atomic mass is 10.2. The lowest BCUT2D eigenvalue weighted by molar-refractivity contribution is 0.0826. The Labute approximate surface area is 210 Å². The van der Waals surface area contributed by atoms with Crippen molar-refractivity contribution in [1.29, 1.82) is 0 Å². The van der Waals surface area contributed by atoms with Crippen molar-refractivity contribution in [1.82, 2.24) is 34.4 Å². The fraction of sp³-hybridized carbons (Fsp3) is 0.250. The minimum Gasteiger partial charge on any atom is -0.385 e. The molecule has 4 heterocycles. The molecule has 1 saturated carbocycles. The summed E-state index contributed by atoms with van der Waals surface area (Å²) < 4.78 is 15.9. The molecule has 13 heteroatoms. The molecule has 3 N–H and O–H groups in total. The van der Waals surface area contributed by atoms with Crippen LogP contribution in [0.25, 0.3) is 11.5 Å². The number of carbonyl (C=O) groups is 2. The van der Waals surface area contributed by atoms with Crippen molar-refractivity contribution in [3.8, 4) is 5.82 Å². The minimum atomic E-state index is -1.04. The number of hydrogen-bond acceptors (Lipinski definition) is 8. The largest absolute Gasteiger partial charge is 0.385 e. The molecular weight excluding hydrogens is 481 g/mol. The number of aromatic nitrogens is 5. The molecule has 0 radical (unpaired) electrons. The van der Waals surface area contributed by atoms with Crippen molar-refractivity contribution in [2.24, 2.45) is 0 Å². The number of carbonyl (C=O) groups excluding carboxylic acids is 2. The number of nitrogens with one attached hydrogen (secondary N) is 3. The van der Waals surface area contributed by atoms with Crippen LogP contribution in [0.4, 0.5) is 21.6 Å². The molecular formula is C24H24FN9O3. The van der Waals surface area contributed by atoms with E-state index >= 15 is 0 Å². The van der Waals surface area contributed by atoms with E-state index in [-0.39, 0.29) is 29.5 Å². The van der Waals surface area contributed by atoms with E-state index in [1.54, 1.807) is 57.7 Å². The highest BCUT2D eigenvalue weighted by atomic mass is 19.1. The third kappa shape index (κ3) is 4.58. The fourth-order valence-corrected chi connectivity index (χ4v) is 3.74. The van der Waals surface area contributed by atoms with E-state index in [0.717, 1.165) is 0 Å². The Bertz CT molecular complexity index is 1560. The van der Waals surface area contributed by atoms with Crippen molar-refractivity contribution < 1.29 is 14.0 Å². The zero-order valence-electron chi connectivity index (χ0n) is 20.3. The van der Waals surface area contributed by atoms with Crippen LogP contribution >= 0.6 is 0 Å². The Balaban J connectivity index is 1.46. The quantitative estimate of drug-likeness (QED) is 0.344. The average molecular weight is 506 g/mol. The van der Waals surface area contributed by atoms with E-state index in [9.17, 15) is 18.8 Å². The molecule has 2 unspecified atom stereocenters. The number of hydrogen-bond donors (Lipinski definition) is 3. The highest BCUT2D eigenvalue weighted by Crippen LogP contribution is 2.26. The monoisotopic (exact) mass is 505 g/mol. The van der Waals surface area contributed by atoms with Gasteiger partial charge in [-0.1, -0.05) is 0 Å². The minimum absolute atomic E-state index is 0.135. The van der Waals surface area contributed by atoms with Crippen LogP contribution in [0.3, 0.4) is 0 Å². The molecule has 0 aromatic carbocycles. The summed E-state index contributed by atoms with van der Waals surface area (Å²) in [5.41, 5.74) is 1.29. The van der Waals surface area contributed by atoms with Gasteiger partial charge in [-0.15, -0.1) is 5.10 Å². The fourth-order valence-electron chi connectivity index (χ4n) is 3.74. The Morgan fingerprint density at radius 1 is 1.14 bits per heavy atom. The molecule has 190 valence electrons. The number of imidazole rings is 1. The summed E-state index contributed by atoms with van der Waals surface area (Å²) in [6.45, 7) is 0. The zero-order valence-corrected chi connectivity index (χ0v) is 20.3. The molecule has 5 rings (SSSR count). The number of rotatable bonds is 7. The van der Waals surface area contributed by atoms with E-state index in [2.05, 4.69) is 31.0 Å². The normalized spacial score (nSPS) is 16.3. The van der Waals surface area contributed by atoms with Gasteiger partial charge in [-0.3, -0.25) is 19.0 Å². The zero-order chi connectivity index (χ0) is 26.3. The van der Waals surface area contributed by atoms with Gasteiger partial charge < -0.3 is 20.9 Å². The predicted molar refractivity (Wildman–Crippen MR) is 134 cm³/mol. The third-order valence-corrected chi connectivity index (χ3v) is 5.86. The second kappa shape index (κ2) is 9.33. The van der Waals surface area contributed by atoms with Crippen LogP contribution in [-0.2, 0) is 0 Å². The van der Waals surface area contributed by atoms with Crippen molar-refractivity contribution >= 4 is 34.7 Å². The number of nitrogens with zero attached hydrogens (tertiary/aromatic N) is 6. The van der Waals surface area contributed by atoms with Crippen molar-refractivity contribution in [3.63, 3.8) is 0 Å². The number of pyridine rings is 2. The first kappa shape index (κ1) is 23.9.